The number of carbonyl (C=O) groups excluding carboxylic acids is 2. The van der Waals surface area contributed by atoms with Gasteiger partial charge >= 0.3 is 12.1 Å². The Hall–Kier alpha value is -4.48. The quantitative estimate of drug-likeness (QED) is 0.253. The highest BCUT2D eigenvalue weighted by atomic mass is 19.4. The van der Waals surface area contributed by atoms with Crippen LogP contribution in [0.15, 0.2) is 66.9 Å². The van der Waals surface area contributed by atoms with Crippen molar-refractivity contribution in [1.29, 1.82) is 0 Å². The Morgan fingerprint density at radius 1 is 1.00 bits per heavy atom. The first kappa shape index (κ1) is 26.6. The number of alkyl halides is 3. The molecule has 0 saturated carbocycles. The Balaban J connectivity index is 1.59. The Kier molecular flexibility index (Phi) is 7.60. The molecule has 7 nitrogen and oxygen atoms in total. The van der Waals surface area contributed by atoms with Gasteiger partial charge in [-0.25, -0.2) is 18.6 Å². The summed E-state index contributed by atoms with van der Waals surface area (Å²) in [7, 11) is 0. The van der Waals surface area contributed by atoms with E-state index in [1.165, 1.54) is 35.7 Å². The molecular weight excluding hydrogens is 513 g/mol. The molecule has 0 radical (unpaired) electrons. The van der Waals surface area contributed by atoms with Gasteiger partial charge in [-0.05, 0) is 36.8 Å². The molecule has 1 amide bonds. The number of esters is 1. The maximum absolute atomic E-state index is 14.0. The topological polar surface area (TPSA) is 81.9 Å². The molecular formula is C26H20F5N3O4. The predicted octanol–water partition coefficient (Wildman–Crippen LogP) is 5.08. The molecule has 2 heterocycles. The van der Waals surface area contributed by atoms with Crippen molar-refractivity contribution in [3.05, 3.63) is 101 Å². The molecule has 0 aliphatic rings. The summed E-state index contributed by atoms with van der Waals surface area (Å²) in [6.45, 7) is 0.322. The molecule has 4 aromatic rings. The largest absolute Gasteiger partial charge is 0.490 e. The third-order valence-corrected chi connectivity index (χ3v) is 5.56. The van der Waals surface area contributed by atoms with Crippen molar-refractivity contribution in [2.75, 3.05) is 6.61 Å². The van der Waals surface area contributed by atoms with E-state index in [1.807, 2.05) is 0 Å². The number of benzene rings is 2. The Morgan fingerprint density at radius 2 is 1.68 bits per heavy atom. The first-order chi connectivity index (χ1) is 18.1. The van der Waals surface area contributed by atoms with Gasteiger partial charge in [-0.15, -0.1) is 0 Å². The second kappa shape index (κ2) is 10.9. The number of aromatic nitrogens is 2. The minimum atomic E-state index is -5.19. The number of imidazole rings is 1. The zero-order valence-electron chi connectivity index (χ0n) is 19.8. The smallest absolute Gasteiger partial charge is 0.485 e. The van der Waals surface area contributed by atoms with E-state index in [9.17, 15) is 31.5 Å². The van der Waals surface area contributed by atoms with Crippen molar-refractivity contribution in [3.8, 4) is 5.75 Å². The second-order valence-corrected chi connectivity index (χ2v) is 8.13. The van der Waals surface area contributed by atoms with Crippen LogP contribution in [-0.4, -0.2) is 34.0 Å². The Morgan fingerprint density at radius 3 is 2.34 bits per heavy atom. The molecule has 0 aliphatic heterocycles. The normalized spacial score (nSPS) is 12.3. The first-order valence-corrected chi connectivity index (χ1v) is 11.2. The number of nitrogens with zero attached hydrogens (tertiary/aromatic N) is 2. The number of hydrogen-bond acceptors (Lipinski definition) is 5. The van der Waals surface area contributed by atoms with Crippen LogP contribution in [0.5, 0.6) is 5.75 Å². The molecule has 0 bridgehead atoms. The minimum Gasteiger partial charge on any atom is -0.485 e. The monoisotopic (exact) mass is 533 g/mol. The van der Waals surface area contributed by atoms with Crippen molar-refractivity contribution in [2.45, 2.75) is 25.7 Å². The third kappa shape index (κ3) is 5.74. The molecule has 1 atom stereocenters. The molecule has 4 rings (SSSR count). The highest BCUT2D eigenvalue weighted by Gasteiger charge is 2.41. The average molecular weight is 533 g/mol. The highest BCUT2D eigenvalue weighted by Crippen LogP contribution is 2.25. The van der Waals surface area contributed by atoms with Crippen molar-refractivity contribution in [3.63, 3.8) is 0 Å². The molecule has 198 valence electrons. The SMILES string of the molecule is Cc1nc2c(OCc3c(F)cccc3F)cccn2c1C(=O)N[C@@H](COC(=O)C(F)(F)F)c1ccccc1. The van der Waals surface area contributed by atoms with Gasteiger partial charge in [-0.2, -0.15) is 13.2 Å². The van der Waals surface area contributed by atoms with E-state index in [0.717, 1.165) is 12.1 Å². The van der Waals surface area contributed by atoms with E-state index < -0.39 is 48.9 Å². The van der Waals surface area contributed by atoms with Crippen molar-refractivity contribution in [2.24, 2.45) is 0 Å². The van der Waals surface area contributed by atoms with Crippen LogP contribution in [0.2, 0.25) is 0 Å². The molecule has 0 saturated heterocycles. The summed E-state index contributed by atoms with van der Waals surface area (Å²) in [6, 6.07) is 13.4. The number of fused-ring (bicyclic) bond motifs is 1. The summed E-state index contributed by atoms with van der Waals surface area (Å²) in [5, 5.41) is 2.58. The van der Waals surface area contributed by atoms with Gasteiger partial charge in [0.15, 0.2) is 11.4 Å². The number of carbonyl (C=O) groups is 2. The van der Waals surface area contributed by atoms with E-state index in [0.29, 0.717) is 5.56 Å². The zero-order chi connectivity index (χ0) is 27.4. The van der Waals surface area contributed by atoms with Crippen LogP contribution in [0.25, 0.3) is 5.65 Å². The molecule has 0 unspecified atom stereocenters. The van der Waals surface area contributed by atoms with Crippen LogP contribution in [0.1, 0.15) is 33.4 Å². The van der Waals surface area contributed by atoms with E-state index in [4.69, 9.17) is 4.74 Å². The predicted molar refractivity (Wildman–Crippen MR) is 124 cm³/mol. The number of hydrogen-bond donors (Lipinski definition) is 1. The van der Waals surface area contributed by atoms with Gasteiger partial charge in [0.1, 0.15) is 30.5 Å². The Bertz CT molecular complexity index is 1450. The maximum Gasteiger partial charge on any atom is 0.490 e. The van der Waals surface area contributed by atoms with Crippen LogP contribution in [0.4, 0.5) is 22.0 Å². The van der Waals surface area contributed by atoms with Gasteiger partial charge in [0, 0.05) is 6.20 Å². The summed E-state index contributed by atoms with van der Waals surface area (Å²) in [6.07, 6.45) is -3.69. The maximum atomic E-state index is 14.0. The molecule has 38 heavy (non-hydrogen) atoms. The van der Waals surface area contributed by atoms with Crippen molar-refractivity contribution >= 4 is 17.5 Å². The standard InChI is InChI=1S/C26H20F5N3O4/c1-15-22(24(35)33-20(16-7-3-2-4-8-16)14-38-25(36)26(29,30)31)34-12-6-11-21(23(34)32-15)37-13-17-18(27)9-5-10-19(17)28/h2-12,20H,13-14H2,1H3,(H,33,35)/t20-/m0/s1. The van der Waals surface area contributed by atoms with Gasteiger partial charge in [0.25, 0.3) is 5.91 Å². The molecule has 2 aromatic heterocycles. The van der Waals surface area contributed by atoms with Crippen LogP contribution >= 0.6 is 0 Å². The van der Waals surface area contributed by atoms with Crippen molar-refractivity contribution < 1.29 is 41.0 Å². The molecule has 0 aliphatic carbocycles. The van der Waals surface area contributed by atoms with E-state index in [-0.39, 0.29) is 28.3 Å². The minimum absolute atomic E-state index is 0.0330. The number of pyridine rings is 1. The first-order valence-electron chi connectivity index (χ1n) is 11.2. The summed E-state index contributed by atoms with van der Waals surface area (Å²) in [4.78, 5) is 28.9. The summed E-state index contributed by atoms with van der Waals surface area (Å²) in [5.74, 6) is -4.53. The number of rotatable bonds is 8. The fourth-order valence-electron chi connectivity index (χ4n) is 3.74. The van der Waals surface area contributed by atoms with Gasteiger partial charge in [0.05, 0.1) is 17.3 Å². The van der Waals surface area contributed by atoms with E-state index in [2.05, 4.69) is 15.0 Å². The van der Waals surface area contributed by atoms with Crippen molar-refractivity contribution in [1.82, 2.24) is 14.7 Å². The van der Waals surface area contributed by atoms with Gasteiger partial charge in [0.2, 0.25) is 0 Å². The number of aryl methyl sites for hydroxylation is 1. The van der Waals surface area contributed by atoms with Crippen LogP contribution < -0.4 is 10.1 Å². The van der Waals surface area contributed by atoms with E-state index in [1.54, 1.807) is 30.3 Å². The van der Waals surface area contributed by atoms with Crippen LogP contribution in [0, 0.1) is 18.6 Å². The number of nitrogens with one attached hydrogen (secondary N) is 1. The molecule has 12 heteroatoms. The zero-order valence-corrected chi connectivity index (χ0v) is 19.8. The highest BCUT2D eigenvalue weighted by molar-refractivity contribution is 5.95. The molecule has 0 fully saturated rings. The lowest BCUT2D eigenvalue weighted by atomic mass is 10.1. The third-order valence-electron chi connectivity index (χ3n) is 5.56. The van der Waals surface area contributed by atoms with Crippen LogP contribution in [0.3, 0.4) is 0 Å². The summed E-state index contributed by atoms with van der Waals surface area (Å²) >= 11 is 0. The molecule has 1 N–H and O–H groups in total. The number of halogens is 5. The lowest BCUT2D eigenvalue weighted by molar-refractivity contribution is -0.200. The van der Waals surface area contributed by atoms with Gasteiger partial charge < -0.3 is 14.8 Å². The molecule has 0 spiro atoms. The number of amides is 1. The second-order valence-electron chi connectivity index (χ2n) is 8.13. The molecule has 2 aromatic carbocycles. The fourth-order valence-corrected chi connectivity index (χ4v) is 3.74. The lowest BCUT2D eigenvalue weighted by Gasteiger charge is -2.20. The van der Waals surface area contributed by atoms with E-state index >= 15 is 0 Å². The van der Waals surface area contributed by atoms with Gasteiger partial charge in [-0.1, -0.05) is 36.4 Å². The lowest BCUT2D eigenvalue weighted by Crippen LogP contribution is -2.35. The van der Waals surface area contributed by atoms with Gasteiger partial charge in [-0.3, -0.25) is 9.20 Å². The summed E-state index contributed by atoms with van der Waals surface area (Å²) < 4.78 is 77.3. The van der Waals surface area contributed by atoms with Crippen LogP contribution in [-0.2, 0) is 16.1 Å². The Labute approximate surface area is 212 Å². The fraction of sp³-hybridized carbons (Fsp3) is 0.192. The summed E-state index contributed by atoms with van der Waals surface area (Å²) in [5.41, 5.74) is 0.570. The average Bonchev–Trinajstić information content (AvgIpc) is 3.22. The number of ether oxygens (including phenoxy) is 2.